The minimum atomic E-state index is -1.55. The average Bonchev–Trinajstić information content (AvgIpc) is 2.92. The van der Waals surface area contributed by atoms with Gasteiger partial charge in [0, 0.05) is 12.1 Å². The molecule has 0 amide bonds. The zero-order valence-corrected chi connectivity index (χ0v) is 20.3. The van der Waals surface area contributed by atoms with Crippen molar-refractivity contribution in [1.82, 2.24) is 0 Å². The number of rotatable bonds is 11. The van der Waals surface area contributed by atoms with Crippen LogP contribution in [0.2, 0.25) is 0 Å². The molecule has 0 aliphatic carbocycles. The van der Waals surface area contributed by atoms with Crippen molar-refractivity contribution in [2.24, 2.45) is 10.2 Å². The SMILES string of the molecule is COc1cc(C=CC(=O)C(N=Nc2ccc([N+](=O)[O-])cc2)C(=O)C=Cc2ccc(O)c(OC)c2)ccc1O. The van der Waals surface area contributed by atoms with Crippen LogP contribution in [0.1, 0.15) is 11.1 Å². The summed E-state index contributed by atoms with van der Waals surface area (Å²) in [5, 5.41) is 38.2. The molecule has 0 radical (unpaired) electrons. The Morgan fingerprint density at radius 2 is 1.32 bits per heavy atom. The maximum atomic E-state index is 13.0. The maximum Gasteiger partial charge on any atom is 0.269 e. The molecule has 0 aliphatic heterocycles. The molecule has 194 valence electrons. The molecular weight excluding hydrogens is 494 g/mol. The van der Waals surface area contributed by atoms with Gasteiger partial charge in [-0.3, -0.25) is 19.7 Å². The molecule has 0 unspecified atom stereocenters. The van der Waals surface area contributed by atoms with Crippen molar-refractivity contribution in [2.75, 3.05) is 14.2 Å². The number of azo groups is 1. The number of phenols is 2. The van der Waals surface area contributed by atoms with Crippen LogP contribution in [0.4, 0.5) is 11.4 Å². The maximum absolute atomic E-state index is 13.0. The molecular formula is C27H23N3O8. The summed E-state index contributed by atoms with van der Waals surface area (Å²) in [5.74, 6) is -1.09. The number of carbonyl (C=O) groups is 2. The Labute approximate surface area is 217 Å². The summed E-state index contributed by atoms with van der Waals surface area (Å²) in [6, 6.07) is 12.5. The number of carbonyl (C=O) groups excluding carboxylic acids is 2. The van der Waals surface area contributed by atoms with E-state index >= 15 is 0 Å². The Balaban J connectivity index is 1.88. The third-order valence-electron chi connectivity index (χ3n) is 5.18. The first kappa shape index (κ1) is 27.3. The fourth-order valence-electron chi connectivity index (χ4n) is 3.15. The summed E-state index contributed by atoms with van der Waals surface area (Å²) < 4.78 is 10.1. The summed E-state index contributed by atoms with van der Waals surface area (Å²) >= 11 is 0. The number of aromatic hydroxyl groups is 2. The molecule has 0 aliphatic rings. The predicted octanol–water partition coefficient (Wildman–Crippen LogP) is 5.04. The molecule has 0 fully saturated rings. The summed E-state index contributed by atoms with van der Waals surface area (Å²) in [6.45, 7) is 0. The number of hydrogen-bond acceptors (Lipinski definition) is 10. The van der Waals surface area contributed by atoms with Gasteiger partial charge in [-0.05, 0) is 59.7 Å². The van der Waals surface area contributed by atoms with Crippen molar-refractivity contribution < 1.29 is 34.2 Å². The van der Waals surface area contributed by atoms with E-state index in [1.165, 1.54) is 74.9 Å². The highest BCUT2D eigenvalue weighted by Gasteiger charge is 2.23. The fourth-order valence-corrected chi connectivity index (χ4v) is 3.15. The smallest absolute Gasteiger partial charge is 0.269 e. The van der Waals surface area contributed by atoms with Gasteiger partial charge in [-0.25, -0.2) is 0 Å². The van der Waals surface area contributed by atoms with Crippen LogP contribution in [-0.2, 0) is 9.59 Å². The monoisotopic (exact) mass is 517 g/mol. The van der Waals surface area contributed by atoms with Crippen molar-refractivity contribution in [3.8, 4) is 23.0 Å². The van der Waals surface area contributed by atoms with Crippen LogP contribution in [0, 0.1) is 10.1 Å². The number of non-ortho nitro benzene ring substituents is 1. The van der Waals surface area contributed by atoms with E-state index in [0.29, 0.717) is 11.1 Å². The Bertz CT molecular complexity index is 1350. The van der Waals surface area contributed by atoms with Gasteiger partial charge in [-0.2, -0.15) is 10.2 Å². The van der Waals surface area contributed by atoms with Crippen LogP contribution >= 0.6 is 0 Å². The Morgan fingerprint density at radius 3 is 1.74 bits per heavy atom. The van der Waals surface area contributed by atoms with Gasteiger partial charge in [0.15, 0.2) is 40.6 Å². The standard InChI is InChI=1S/C27H23N3O8/c1-37-25-15-17(3-11-21(25)31)5-13-23(33)27(29-28-19-7-9-20(10-8-19)30(35)36)24(34)14-6-18-4-12-22(32)26(16-18)38-2/h3-16,27,31-32H,1-2H3. The molecule has 0 saturated carbocycles. The van der Waals surface area contributed by atoms with Gasteiger partial charge in [-0.15, -0.1) is 0 Å². The van der Waals surface area contributed by atoms with Gasteiger partial charge >= 0.3 is 0 Å². The van der Waals surface area contributed by atoms with E-state index in [2.05, 4.69) is 10.2 Å². The highest BCUT2D eigenvalue weighted by atomic mass is 16.6. The van der Waals surface area contributed by atoms with Gasteiger partial charge in [-0.1, -0.05) is 24.3 Å². The first-order valence-corrected chi connectivity index (χ1v) is 11.0. The summed E-state index contributed by atoms with van der Waals surface area (Å²) in [6.07, 6.45) is 5.17. The summed E-state index contributed by atoms with van der Waals surface area (Å²) in [4.78, 5) is 36.3. The number of nitrogens with zero attached hydrogens (tertiary/aromatic N) is 3. The molecule has 0 aromatic heterocycles. The molecule has 0 heterocycles. The molecule has 2 N–H and O–H groups in total. The Morgan fingerprint density at radius 1 is 0.842 bits per heavy atom. The van der Waals surface area contributed by atoms with Crippen LogP contribution in [0.15, 0.2) is 83.0 Å². The topological polar surface area (TPSA) is 161 Å². The van der Waals surface area contributed by atoms with Gasteiger partial charge in [0.1, 0.15) is 0 Å². The molecule has 3 rings (SSSR count). The number of hydrogen-bond donors (Lipinski definition) is 2. The van der Waals surface area contributed by atoms with Crippen LogP contribution in [0.25, 0.3) is 12.2 Å². The van der Waals surface area contributed by atoms with E-state index in [4.69, 9.17) is 9.47 Å². The molecule has 11 nitrogen and oxygen atoms in total. The Hall–Kier alpha value is -5.32. The lowest BCUT2D eigenvalue weighted by Crippen LogP contribution is -2.25. The lowest BCUT2D eigenvalue weighted by molar-refractivity contribution is -0.384. The van der Waals surface area contributed by atoms with Gasteiger partial charge in [0.2, 0.25) is 0 Å². The van der Waals surface area contributed by atoms with Crippen LogP contribution in [0.3, 0.4) is 0 Å². The molecule has 0 bridgehead atoms. The van der Waals surface area contributed by atoms with Gasteiger partial charge in [0.25, 0.3) is 5.69 Å². The van der Waals surface area contributed by atoms with E-state index in [9.17, 15) is 29.9 Å². The second-order valence-corrected chi connectivity index (χ2v) is 7.73. The molecule has 0 spiro atoms. The third kappa shape index (κ3) is 7.10. The van der Waals surface area contributed by atoms with Crippen molar-refractivity contribution in [2.45, 2.75) is 6.04 Å². The molecule has 0 saturated heterocycles. The molecule has 0 atom stereocenters. The van der Waals surface area contributed by atoms with Gasteiger partial charge in [0.05, 0.1) is 24.8 Å². The van der Waals surface area contributed by atoms with Crippen molar-refractivity contribution in [1.29, 1.82) is 0 Å². The van der Waals surface area contributed by atoms with Crippen LogP contribution in [-0.4, -0.2) is 47.0 Å². The zero-order valence-electron chi connectivity index (χ0n) is 20.3. The van der Waals surface area contributed by atoms with E-state index in [1.54, 1.807) is 12.1 Å². The molecule has 38 heavy (non-hydrogen) atoms. The molecule has 3 aromatic carbocycles. The van der Waals surface area contributed by atoms with Crippen molar-refractivity contribution in [3.63, 3.8) is 0 Å². The number of ether oxygens (including phenoxy) is 2. The second-order valence-electron chi connectivity index (χ2n) is 7.73. The van der Waals surface area contributed by atoms with E-state index in [1.807, 2.05) is 0 Å². The number of nitro benzene ring substituents is 1. The first-order chi connectivity index (χ1) is 18.2. The molecule has 11 heteroatoms. The minimum Gasteiger partial charge on any atom is -0.504 e. The third-order valence-corrected chi connectivity index (χ3v) is 5.18. The number of ketones is 2. The normalized spacial score (nSPS) is 12.2. The highest BCUT2D eigenvalue weighted by Crippen LogP contribution is 2.28. The highest BCUT2D eigenvalue weighted by molar-refractivity contribution is 6.17. The quantitative estimate of drug-likeness (QED) is 0.118. The lowest BCUT2D eigenvalue weighted by Gasteiger charge is -2.06. The number of benzene rings is 3. The zero-order chi connectivity index (χ0) is 27.7. The second kappa shape index (κ2) is 12.6. The van der Waals surface area contributed by atoms with Crippen LogP contribution in [0.5, 0.6) is 23.0 Å². The van der Waals surface area contributed by atoms with E-state index < -0.39 is 22.5 Å². The largest absolute Gasteiger partial charge is 0.504 e. The van der Waals surface area contributed by atoms with Crippen molar-refractivity contribution in [3.05, 3.63) is 94.1 Å². The summed E-state index contributed by atoms with van der Waals surface area (Å²) in [7, 11) is 2.77. The minimum absolute atomic E-state index is 0.0723. The number of phenolic OH excluding ortho intramolecular Hbond substituents is 2. The fraction of sp³-hybridized carbons (Fsp3) is 0.111. The van der Waals surface area contributed by atoms with Crippen LogP contribution < -0.4 is 9.47 Å². The molecule has 3 aromatic rings. The van der Waals surface area contributed by atoms with Gasteiger partial charge < -0.3 is 19.7 Å². The summed E-state index contributed by atoms with van der Waals surface area (Å²) in [5.41, 5.74) is 1.12. The number of nitro groups is 1. The number of methoxy groups -OCH3 is 2. The average molecular weight is 517 g/mol. The first-order valence-electron chi connectivity index (χ1n) is 11.0. The predicted molar refractivity (Wildman–Crippen MR) is 139 cm³/mol. The van der Waals surface area contributed by atoms with E-state index in [-0.39, 0.29) is 34.4 Å². The lowest BCUT2D eigenvalue weighted by atomic mass is 10.1. The van der Waals surface area contributed by atoms with Crippen molar-refractivity contribution >= 4 is 35.1 Å². The Kier molecular flexibility index (Phi) is 9.03. The van der Waals surface area contributed by atoms with E-state index in [0.717, 1.165) is 12.2 Å².